The maximum Gasteiger partial charge on any atom is -0.0171 e. The molecule has 0 radical (unpaired) electrons. The molecule has 0 nitrogen and oxygen atoms in total. The van der Waals surface area contributed by atoms with Gasteiger partial charge in [0.05, 0.1) is 0 Å². The number of hydrogen-bond acceptors (Lipinski definition) is 0. The summed E-state index contributed by atoms with van der Waals surface area (Å²) in [6.45, 7) is 4.94. The number of allylic oxidation sites excluding steroid dienone is 2. The second-order valence-corrected chi connectivity index (χ2v) is 6.23. The summed E-state index contributed by atoms with van der Waals surface area (Å²) in [6.07, 6.45) is 10.9. The van der Waals surface area contributed by atoms with E-state index in [9.17, 15) is 0 Å². The predicted molar refractivity (Wildman–Crippen MR) is 55.3 cm³/mol. The normalized spacial score (nSPS) is 50.9. The molecule has 72 valence electrons. The Morgan fingerprint density at radius 1 is 1.15 bits per heavy atom. The molecule has 0 heteroatoms. The van der Waals surface area contributed by atoms with Crippen molar-refractivity contribution in [1.29, 1.82) is 0 Å². The van der Waals surface area contributed by atoms with E-state index in [1.54, 1.807) is 6.42 Å². The summed E-state index contributed by atoms with van der Waals surface area (Å²) in [5.41, 5.74) is 0.645. The van der Waals surface area contributed by atoms with Gasteiger partial charge in [0.15, 0.2) is 0 Å². The second kappa shape index (κ2) is 2.40. The Morgan fingerprint density at radius 2 is 1.92 bits per heavy atom. The lowest BCUT2D eigenvalue weighted by Gasteiger charge is -2.35. The smallest absolute Gasteiger partial charge is 0.0171 e. The van der Waals surface area contributed by atoms with Crippen LogP contribution >= 0.6 is 0 Å². The zero-order valence-electron chi connectivity index (χ0n) is 8.79. The molecule has 3 aliphatic carbocycles. The quantitative estimate of drug-likeness (QED) is 0.494. The van der Waals surface area contributed by atoms with Crippen LogP contribution in [0.15, 0.2) is 12.2 Å². The first-order chi connectivity index (χ1) is 6.16. The van der Waals surface area contributed by atoms with E-state index in [2.05, 4.69) is 26.0 Å². The van der Waals surface area contributed by atoms with E-state index in [0.717, 1.165) is 23.7 Å². The molecule has 0 saturated heterocycles. The van der Waals surface area contributed by atoms with Crippen molar-refractivity contribution in [1.82, 2.24) is 0 Å². The highest BCUT2D eigenvalue weighted by Crippen LogP contribution is 2.58. The van der Waals surface area contributed by atoms with Gasteiger partial charge in [0.2, 0.25) is 0 Å². The van der Waals surface area contributed by atoms with Crippen LogP contribution in [0.3, 0.4) is 0 Å². The topological polar surface area (TPSA) is 0 Å². The summed E-state index contributed by atoms with van der Waals surface area (Å²) in [7, 11) is 0. The average molecular weight is 176 g/mol. The van der Waals surface area contributed by atoms with Gasteiger partial charge in [-0.2, -0.15) is 0 Å². The van der Waals surface area contributed by atoms with E-state index in [0.29, 0.717) is 5.41 Å². The molecule has 0 amide bonds. The van der Waals surface area contributed by atoms with Crippen molar-refractivity contribution in [2.45, 2.75) is 39.5 Å². The molecule has 2 bridgehead atoms. The first kappa shape index (κ1) is 8.08. The van der Waals surface area contributed by atoms with Crippen molar-refractivity contribution >= 4 is 0 Å². The fourth-order valence-electron chi connectivity index (χ4n) is 4.38. The molecular formula is C13H20. The van der Waals surface area contributed by atoms with E-state index in [1.165, 1.54) is 19.3 Å². The summed E-state index contributed by atoms with van der Waals surface area (Å²) < 4.78 is 0. The molecule has 13 heavy (non-hydrogen) atoms. The van der Waals surface area contributed by atoms with Gasteiger partial charge in [0, 0.05) is 0 Å². The van der Waals surface area contributed by atoms with Gasteiger partial charge in [-0.1, -0.05) is 26.0 Å². The van der Waals surface area contributed by atoms with Crippen LogP contribution in [0.1, 0.15) is 39.5 Å². The maximum absolute atomic E-state index is 2.52. The minimum atomic E-state index is 0.645. The second-order valence-electron chi connectivity index (χ2n) is 6.23. The van der Waals surface area contributed by atoms with Crippen molar-refractivity contribution in [3.63, 3.8) is 0 Å². The summed E-state index contributed by atoms with van der Waals surface area (Å²) in [5.74, 6) is 4.13. The predicted octanol–water partition coefficient (Wildman–Crippen LogP) is 3.63. The highest BCUT2D eigenvalue weighted by Gasteiger charge is 2.49. The number of fused-ring (bicyclic) bond motifs is 5. The van der Waals surface area contributed by atoms with Gasteiger partial charge < -0.3 is 0 Å². The third kappa shape index (κ3) is 1.11. The van der Waals surface area contributed by atoms with Crippen molar-refractivity contribution in [2.24, 2.45) is 29.1 Å². The van der Waals surface area contributed by atoms with Crippen LogP contribution in [0.2, 0.25) is 0 Å². The summed E-state index contributed by atoms with van der Waals surface area (Å²) in [5, 5.41) is 0. The van der Waals surface area contributed by atoms with Crippen molar-refractivity contribution in [3.8, 4) is 0 Å². The third-order valence-corrected chi connectivity index (χ3v) is 4.65. The number of rotatable bonds is 0. The van der Waals surface area contributed by atoms with Gasteiger partial charge in [0.25, 0.3) is 0 Å². The molecule has 0 heterocycles. The van der Waals surface area contributed by atoms with Gasteiger partial charge in [-0.15, -0.1) is 0 Å². The van der Waals surface area contributed by atoms with Crippen LogP contribution in [0, 0.1) is 29.1 Å². The van der Waals surface area contributed by atoms with Crippen LogP contribution in [0.25, 0.3) is 0 Å². The van der Waals surface area contributed by atoms with Gasteiger partial charge in [-0.25, -0.2) is 0 Å². The van der Waals surface area contributed by atoms with E-state index < -0.39 is 0 Å². The molecule has 4 atom stereocenters. The summed E-state index contributed by atoms with van der Waals surface area (Å²) in [6, 6.07) is 0. The van der Waals surface area contributed by atoms with E-state index >= 15 is 0 Å². The monoisotopic (exact) mass is 176 g/mol. The van der Waals surface area contributed by atoms with Gasteiger partial charge in [0.1, 0.15) is 0 Å². The number of hydrogen-bond donors (Lipinski definition) is 0. The van der Waals surface area contributed by atoms with Crippen LogP contribution < -0.4 is 0 Å². The summed E-state index contributed by atoms with van der Waals surface area (Å²) in [4.78, 5) is 0. The molecule has 4 unspecified atom stereocenters. The SMILES string of the molecule is CC1(C)CC2CC(C1)C1CC=CC21. The Kier molecular flexibility index (Phi) is 1.49. The highest BCUT2D eigenvalue weighted by molar-refractivity contribution is 5.12. The molecule has 2 fully saturated rings. The molecular weight excluding hydrogens is 156 g/mol. The van der Waals surface area contributed by atoms with E-state index in [-0.39, 0.29) is 0 Å². The highest BCUT2D eigenvalue weighted by atomic mass is 14.5. The van der Waals surface area contributed by atoms with Gasteiger partial charge in [-0.3, -0.25) is 0 Å². The molecule has 0 aliphatic heterocycles. The first-order valence-corrected chi connectivity index (χ1v) is 5.82. The van der Waals surface area contributed by atoms with Crippen LogP contribution in [-0.4, -0.2) is 0 Å². The molecule has 3 aliphatic rings. The van der Waals surface area contributed by atoms with E-state index in [1.807, 2.05) is 0 Å². The lowest BCUT2D eigenvalue weighted by molar-refractivity contribution is 0.160. The van der Waals surface area contributed by atoms with Crippen LogP contribution in [-0.2, 0) is 0 Å². The van der Waals surface area contributed by atoms with Crippen molar-refractivity contribution in [2.75, 3.05) is 0 Å². The zero-order chi connectivity index (χ0) is 9.05. The van der Waals surface area contributed by atoms with Gasteiger partial charge >= 0.3 is 0 Å². The minimum Gasteiger partial charge on any atom is -0.0879 e. The molecule has 0 aromatic carbocycles. The maximum atomic E-state index is 2.52. The van der Waals surface area contributed by atoms with Crippen LogP contribution in [0.5, 0.6) is 0 Å². The fourth-order valence-corrected chi connectivity index (χ4v) is 4.38. The molecule has 0 spiro atoms. The Labute approximate surface area is 81.4 Å². The van der Waals surface area contributed by atoms with Gasteiger partial charge in [-0.05, 0) is 54.8 Å². The Bertz CT molecular complexity index is 249. The standard InChI is InChI=1S/C13H20/c1-13(2)7-9-6-10(8-13)12-5-3-4-11(9)12/h3-4,9-12H,5-8H2,1-2H3. The lowest BCUT2D eigenvalue weighted by Crippen LogP contribution is -2.24. The molecule has 0 N–H and O–H groups in total. The third-order valence-electron chi connectivity index (χ3n) is 4.65. The van der Waals surface area contributed by atoms with Crippen molar-refractivity contribution < 1.29 is 0 Å². The summed E-state index contributed by atoms with van der Waals surface area (Å²) >= 11 is 0. The first-order valence-electron chi connectivity index (χ1n) is 5.82. The van der Waals surface area contributed by atoms with E-state index in [4.69, 9.17) is 0 Å². The molecule has 0 aromatic heterocycles. The average Bonchev–Trinajstić information content (AvgIpc) is 2.54. The lowest BCUT2D eigenvalue weighted by atomic mass is 9.70. The zero-order valence-corrected chi connectivity index (χ0v) is 8.79. The van der Waals surface area contributed by atoms with Crippen molar-refractivity contribution in [3.05, 3.63) is 12.2 Å². The van der Waals surface area contributed by atoms with Crippen LogP contribution in [0.4, 0.5) is 0 Å². The fraction of sp³-hybridized carbons (Fsp3) is 0.846. The minimum absolute atomic E-state index is 0.645. The Morgan fingerprint density at radius 3 is 2.77 bits per heavy atom. The molecule has 2 saturated carbocycles. The molecule has 3 rings (SSSR count). The Hall–Kier alpha value is -0.260. The largest absolute Gasteiger partial charge is 0.0879 e. The Balaban J connectivity index is 1.90. The molecule has 0 aromatic rings.